The Morgan fingerprint density at radius 3 is 2.60 bits per heavy atom. The van der Waals surface area contributed by atoms with E-state index < -0.39 is 11.6 Å². The van der Waals surface area contributed by atoms with Gasteiger partial charge >= 0.3 is 0 Å². The largest absolute Gasteiger partial charge is 0.341 e. The smallest absolute Gasteiger partial charge is 0.231 e. The van der Waals surface area contributed by atoms with Crippen molar-refractivity contribution in [2.24, 2.45) is 11.3 Å². The number of hydrogen-bond acceptors (Lipinski definition) is 1. The molecule has 0 aromatic carbocycles. The highest BCUT2D eigenvalue weighted by Crippen LogP contribution is 2.50. The lowest BCUT2D eigenvalue weighted by molar-refractivity contribution is -0.136. The van der Waals surface area contributed by atoms with Gasteiger partial charge < -0.3 is 4.90 Å². The molecule has 4 atom stereocenters. The molecular weight excluding hydrogens is 261 g/mol. The van der Waals surface area contributed by atoms with Crippen LogP contribution in [-0.4, -0.2) is 34.9 Å². The van der Waals surface area contributed by atoms with Crippen molar-refractivity contribution in [1.82, 2.24) is 4.90 Å². The fourth-order valence-corrected chi connectivity index (χ4v) is 3.17. The molecule has 1 amide bonds. The lowest BCUT2D eigenvalue weighted by Gasteiger charge is -2.20. The zero-order valence-electron chi connectivity index (χ0n) is 9.17. The van der Waals surface area contributed by atoms with Crippen LogP contribution in [0.4, 0.5) is 4.39 Å². The van der Waals surface area contributed by atoms with E-state index in [1.807, 2.05) is 4.90 Å². The van der Waals surface area contributed by atoms with E-state index in [0.29, 0.717) is 17.2 Å². The molecule has 1 aliphatic heterocycles. The molecule has 1 saturated heterocycles. The number of amides is 1. The van der Waals surface area contributed by atoms with E-state index in [9.17, 15) is 9.18 Å². The average Bonchev–Trinajstić information content (AvgIpc) is 2.65. The predicted molar refractivity (Wildman–Crippen MR) is 60.7 cm³/mol. The second-order valence-corrected chi connectivity index (χ2v) is 6.16. The van der Waals surface area contributed by atoms with Gasteiger partial charge in [0.2, 0.25) is 5.91 Å². The van der Waals surface area contributed by atoms with Crippen molar-refractivity contribution in [3.63, 3.8) is 0 Å². The number of halogens is 2. The number of carbonyl (C=O) groups is 1. The number of rotatable bonds is 2. The van der Waals surface area contributed by atoms with Crippen LogP contribution in [-0.2, 0) is 4.79 Å². The number of hydrogen-bond donors (Lipinski definition) is 0. The molecule has 2 nitrogen and oxygen atoms in total. The van der Waals surface area contributed by atoms with Crippen molar-refractivity contribution in [1.29, 1.82) is 0 Å². The summed E-state index contributed by atoms with van der Waals surface area (Å²) in [5, 5.41) is 0. The third-order valence-corrected chi connectivity index (χ3v) is 4.83. The van der Waals surface area contributed by atoms with Crippen molar-refractivity contribution >= 4 is 21.8 Å². The lowest BCUT2D eigenvalue weighted by atomic mass is 10.1. The van der Waals surface area contributed by atoms with Crippen molar-refractivity contribution in [3.8, 4) is 0 Å². The highest BCUT2D eigenvalue weighted by molar-refractivity contribution is 9.09. The van der Waals surface area contributed by atoms with Gasteiger partial charge in [0, 0.05) is 17.9 Å². The summed E-state index contributed by atoms with van der Waals surface area (Å²) >= 11 is 3.59. The second kappa shape index (κ2) is 3.72. The fraction of sp³-hybridized carbons (Fsp3) is 0.909. The minimum Gasteiger partial charge on any atom is -0.341 e. The summed E-state index contributed by atoms with van der Waals surface area (Å²) in [6.45, 7) is 5.39. The van der Waals surface area contributed by atoms with Crippen molar-refractivity contribution in [3.05, 3.63) is 0 Å². The summed E-state index contributed by atoms with van der Waals surface area (Å²) < 4.78 is 13.1. The zero-order valence-corrected chi connectivity index (χ0v) is 10.8. The minimum atomic E-state index is -0.917. The molecule has 0 N–H and O–H groups in total. The normalized spacial score (nSPS) is 44.5. The topological polar surface area (TPSA) is 20.3 Å². The van der Waals surface area contributed by atoms with Crippen LogP contribution in [0.2, 0.25) is 0 Å². The van der Waals surface area contributed by atoms with Crippen LogP contribution in [0.25, 0.3) is 0 Å². The van der Waals surface area contributed by atoms with Crippen LogP contribution in [0.15, 0.2) is 0 Å². The highest BCUT2D eigenvalue weighted by atomic mass is 79.9. The molecule has 0 aromatic rings. The minimum absolute atomic E-state index is 0.00963. The first-order chi connectivity index (χ1) is 6.99. The fourth-order valence-electron chi connectivity index (χ4n) is 2.28. The average molecular weight is 278 g/mol. The van der Waals surface area contributed by atoms with Gasteiger partial charge in [-0.2, -0.15) is 0 Å². The van der Waals surface area contributed by atoms with Gasteiger partial charge in [0.05, 0.1) is 5.41 Å². The Morgan fingerprint density at radius 1 is 1.60 bits per heavy atom. The molecule has 0 aromatic heterocycles. The summed E-state index contributed by atoms with van der Waals surface area (Å²) in [6.07, 6.45) is 0.557. The maximum Gasteiger partial charge on any atom is 0.231 e. The Labute approximate surface area is 98.3 Å². The third kappa shape index (κ3) is 1.81. The van der Waals surface area contributed by atoms with Crippen LogP contribution < -0.4 is 0 Å². The molecule has 2 rings (SSSR count). The summed E-state index contributed by atoms with van der Waals surface area (Å²) in [6, 6.07) is 0. The summed E-state index contributed by atoms with van der Waals surface area (Å²) in [5.41, 5.74) is -0.699. The molecule has 2 fully saturated rings. The van der Waals surface area contributed by atoms with Gasteiger partial charge in [-0.1, -0.05) is 29.3 Å². The SMILES string of the molecule is CCC1CN(C(=O)C2(C)CC2F)CC1Br. The lowest BCUT2D eigenvalue weighted by Crippen LogP contribution is -2.35. The maximum atomic E-state index is 13.1. The second-order valence-electron chi connectivity index (χ2n) is 4.98. The van der Waals surface area contributed by atoms with Crippen molar-refractivity contribution in [2.45, 2.75) is 37.7 Å². The number of likely N-dealkylation sites (tertiary alicyclic amines) is 1. The van der Waals surface area contributed by atoms with Crippen LogP contribution in [0, 0.1) is 11.3 Å². The monoisotopic (exact) mass is 277 g/mol. The molecule has 0 radical (unpaired) electrons. The van der Waals surface area contributed by atoms with Gasteiger partial charge in [0.15, 0.2) is 0 Å². The van der Waals surface area contributed by atoms with E-state index in [0.717, 1.165) is 19.5 Å². The molecule has 4 unspecified atom stereocenters. The van der Waals surface area contributed by atoms with Crippen LogP contribution >= 0.6 is 15.9 Å². The van der Waals surface area contributed by atoms with Crippen molar-refractivity contribution < 1.29 is 9.18 Å². The first kappa shape index (κ1) is 11.4. The van der Waals surface area contributed by atoms with Crippen LogP contribution in [0.3, 0.4) is 0 Å². The number of nitrogens with zero attached hydrogens (tertiary/aromatic N) is 1. The Kier molecular flexibility index (Phi) is 2.82. The standard InChI is InChI=1S/C11H17BrFNO/c1-3-7-5-14(6-8(7)12)10(15)11(2)4-9(11)13/h7-9H,3-6H2,1-2H3. The molecule has 0 bridgehead atoms. The molecule has 0 spiro atoms. The summed E-state index contributed by atoms with van der Waals surface area (Å²) in [7, 11) is 0. The third-order valence-electron chi connectivity index (χ3n) is 3.80. The Balaban J connectivity index is 1.99. The summed E-state index contributed by atoms with van der Waals surface area (Å²) in [5.74, 6) is 0.532. The predicted octanol–water partition coefficient (Wildman–Crippen LogP) is 2.37. The molecule has 1 saturated carbocycles. The molecule has 15 heavy (non-hydrogen) atoms. The van der Waals surface area contributed by atoms with E-state index in [4.69, 9.17) is 0 Å². The van der Waals surface area contributed by atoms with Gasteiger partial charge in [0.25, 0.3) is 0 Å². The molecule has 2 aliphatic rings. The number of carbonyl (C=O) groups excluding carboxylic acids is 1. The quantitative estimate of drug-likeness (QED) is 0.710. The van der Waals surface area contributed by atoms with E-state index >= 15 is 0 Å². The van der Waals surface area contributed by atoms with E-state index in [1.54, 1.807) is 6.92 Å². The highest BCUT2D eigenvalue weighted by Gasteiger charge is 2.59. The zero-order chi connectivity index (χ0) is 11.2. The van der Waals surface area contributed by atoms with Gasteiger partial charge in [-0.05, 0) is 19.3 Å². The Morgan fingerprint density at radius 2 is 2.20 bits per heavy atom. The van der Waals surface area contributed by atoms with E-state index in [1.165, 1.54) is 0 Å². The van der Waals surface area contributed by atoms with Gasteiger partial charge in [-0.15, -0.1) is 0 Å². The van der Waals surface area contributed by atoms with Crippen LogP contribution in [0.5, 0.6) is 0 Å². The van der Waals surface area contributed by atoms with Gasteiger partial charge in [0.1, 0.15) is 6.17 Å². The summed E-state index contributed by atoms with van der Waals surface area (Å²) in [4.78, 5) is 14.2. The Bertz CT molecular complexity index is 286. The van der Waals surface area contributed by atoms with E-state index in [2.05, 4.69) is 22.9 Å². The van der Waals surface area contributed by atoms with Gasteiger partial charge in [-0.3, -0.25) is 4.79 Å². The van der Waals surface area contributed by atoms with Crippen LogP contribution in [0.1, 0.15) is 26.7 Å². The first-order valence-electron chi connectivity index (χ1n) is 5.56. The van der Waals surface area contributed by atoms with Crippen molar-refractivity contribution in [2.75, 3.05) is 13.1 Å². The number of alkyl halides is 2. The molecule has 4 heteroatoms. The molecule has 1 aliphatic carbocycles. The molecular formula is C11H17BrFNO. The van der Waals surface area contributed by atoms with Gasteiger partial charge in [-0.25, -0.2) is 4.39 Å². The maximum absolute atomic E-state index is 13.1. The molecule has 1 heterocycles. The molecule has 86 valence electrons. The Hall–Kier alpha value is -0.120. The first-order valence-corrected chi connectivity index (χ1v) is 6.48. The van der Waals surface area contributed by atoms with E-state index in [-0.39, 0.29) is 5.91 Å².